The number of carbonyl (C=O) groups is 1. The van der Waals surface area contributed by atoms with Gasteiger partial charge in [-0.15, -0.1) is 0 Å². The molecule has 3 aromatic rings. The number of nitrogens with zero attached hydrogens (tertiary/aromatic N) is 1. The smallest absolute Gasteiger partial charge is 0.277 e. The molecule has 32 heavy (non-hydrogen) atoms. The number of benzene rings is 3. The predicted molar refractivity (Wildman–Crippen MR) is 126 cm³/mol. The highest BCUT2D eigenvalue weighted by atomic mass is 16.5. The lowest BCUT2D eigenvalue weighted by Crippen LogP contribution is -2.24. The van der Waals surface area contributed by atoms with E-state index in [2.05, 4.69) is 36.5 Å². The molecule has 0 atom stereocenters. The fourth-order valence-electron chi connectivity index (χ4n) is 2.94. The molecule has 1 amide bonds. The summed E-state index contributed by atoms with van der Waals surface area (Å²) in [6.07, 6.45) is 2.45. The number of hydrogen-bond acceptors (Lipinski definition) is 5. The zero-order chi connectivity index (χ0) is 22.8. The van der Waals surface area contributed by atoms with E-state index in [0.29, 0.717) is 23.9 Å². The van der Waals surface area contributed by atoms with Crippen LogP contribution in [0.2, 0.25) is 0 Å². The maximum atomic E-state index is 12.0. The van der Waals surface area contributed by atoms with Gasteiger partial charge in [-0.05, 0) is 60.4 Å². The molecule has 6 nitrogen and oxygen atoms in total. The minimum absolute atomic E-state index is 0.111. The second kappa shape index (κ2) is 11.6. The Bertz CT molecular complexity index is 1060. The van der Waals surface area contributed by atoms with Crippen molar-refractivity contribution in [3.8, 4) is 17.2 Å². The van der Waals surface area contributed by atoms with Crippen LogP contribution in [0.15, 0.2) is 71.8 Å². The van der Waals surface area contributed by atoms with Crippen molar-refractivity contribution < 1.29 is 19.0 Å². The molecule has 0 aliphatic carbocycles. The number of rotatable bonds is 10. The third-order valence-corrected chi connectivity index (χ3v) is 4.78. The molecule has 1 N–H and O–H groups in total. The highest BCUT2D eigenvalue weighted by Gasteiger charge is 2.06. The van der Waals surface area contributed by atoms with Gasteiger partial charge in [-0.3, -0.25) is 4.79 Å². The summed E-state index contributed by atoms with van der Waals surface area (Å²) in [5.41, 5.74) is 6.67. The molecular weight excluding hydrogens is 404 g/mol. The number of hydrogen-bond donors (Lipinski definition) is 1. The first-order valence-electron chi connectivity index (χ1n) is 10.5. The number of nitrogens with one attached hydrogen (secondary N) is 1. The van der Waals surface area contributed by atoms with Crippen LogP contribution in [0.25, 0.3) is 0 Å². The van der Waals surface area contributed by atoms with Crippen LogP contribution in [-0.2, 0) is 17.8 Å². The van der Waals surface area contributed by atoms with Gasteiger partial charge in [0.15, 0.2) is 18.1 Å². The van der Waals surface area contributed by atoms with Crippen LogP contribution in [0.3, 0.4) is 0 Å². The van der Waals surface area contributed by atoms with Crippen LogP contribution < -0.4 is 19.6 Å². The highest BCUT2D eigenvalue weighted by molar-refractivity contribution is 5.83. The van der Waals surface area contributed by atoms with Gasteiger partial charge in [0, 0.05) is 0 Å². The number of carbonyl (C=O) groups excluding carboxylic acids is 1. The van der Waals surface area contributed by atoms with Crippen molar-refractivity contribution in [1.82, 2.24) is 5.43 Å². The minimum atomic E-state index is -0.340. The molecule has 0 aliphatic heterocycles. The molecule has 0 aromatic heterocycles. The van der Waals surface area contributed by atoms with E-state index in [9.17, 15) is 4.79 Å². The Morgan fingerprint density at radius 3 is 2.53 bits per heavy atom. The van der Waals surface area contributed by atoms with Gasteiger partial charge in [0.1, 0.15) is 12.4 Å². The second-order valence-corrected chi connectivity index (χ2v) is 7.27. The van der Waals surface area contributed by atoms with Crippen LogP contribution >= 0.6 is 0 Å². The molecule has 0 saturated heterocycles. The zero-order valence-corrected chi connectivity index (χ0v) is 18.6. The standard InChI is InChI=1S/C26H28N2O4/c1-4-20-6-5-7-23(14-20)31-18-26(29)28-27-16-22-12-13-24(25(15-22)30-3)32-17-21-10-8-19(2)9-11-21/h5-16H,4,17-18H2,1-3H3,(H,28,29)/b27-16+. The molecule has 0 aliphatic rings. The zero-order valence-electron chi connectivity index (χ0n) is 18.6. The second-order valence-electron chi connectivity index (χ2n) is 7.27. The molecule has 0 spiro atoms. The molecular formula is C26H28N2O4. The minimum Gasteiger partial charge on any atom is -0.493 e. The molecule has 0 fully saturated rings. The molecule has 6 heteroatoms. The Balaban J connectivity index is 1.51. The first kappa shape index (κ1) is 22.9. The maximum absolute atomic E-state index is 12.0. The topological polar surface area (TPSA) is 69.2 Å². The normalized spacial score (nSPS) is 10.7. The van der Waals surface area contributed by atoms with Crippen LogP contribution in [0, 0.1) is 6.92 Å². The first-order chi connectivity index (χ1) is 15.6. The monoisotopic (exact) mass is 432 g/mol. The van der Waals surface area contributed by atoms with E-state index in [4.69, 9.17) is 14.2 Å². The van der Waals surface area contributed by atoms with Gasteiger partial charge >= 0.3 is 0 Å². The van der Waals surface area contributed by atoms with E-state index in [0.717, 1.165) is 23.1 Å². The van der Waals surface area contributed by atoms with Gasteiger partial charge < -0.3 is 14.2 Å². The number of aryl methyl sites for hydroxylation is 2. The molecule has 0 bridgehead atoms. The summed E-state index contributed by atoms with van der Waals surface area (Å²) >= 11 is 0. The van der Waals surface area contributed by atoms with Crippen molar-refractivity contribution in [3.63, 3.8) is 0 Å². The summed E-state index contributed by atoms with van der Waals surface area (Å²) in [5.74, 6) is 1.55. The number of amides is 1. The molecule has 0 unspecified atom stereocenters. The summed E-state index contributed by atoms with van der Waals surface area (Å²) in [7, 11) is 1.58. The summed E-state index contributed by atoms with van der Waals surface area (Å²) in [5, 5.41) is 3.99. The Kier molecular flexibility index (Phi) is 8.26. The van der Waals surface area contributed by atoms with Gasteiger partial charge in [-0.1, -0.05) is 48.9 Å². The van der Waals surface area contributed by atoms with Gasteiger partial charge in [0.05, 0.1) is 13.3 Å². The van der Waals surface area contributed by atoms with Crippen LogP contribution in [-0.4, -0.2) is 25.8 Å². The molecule has 3 rings (SSSR count). The largest absolute Gasteiger partial charge is 0.493 e. The number of hydrazone groups is 1. The summed E-state index contributed by atoms with van der Waals surface area (Å²) in [4.78, 5) is 12.0. The Morgan fingerprint density at radius 1 is 0.969 bits per heavy atom. The Hall–Kier alpha value is -3.80. The van der Waals surface area contributed by atoms with Crippen LogP contribution in [0.1, 0.15) is 29.2 Å². The summed E-state index contributed by atoms with van der Waals surface area (Å²) < 4.78 is 16.8. The van der Waals surface area contributed by atoms with Crippen molar-refractivity contribution in [2.75, 3.05) is 13.7 Å². The van der Waals surface area contributed by atoms with E-state index in [1.807, 2.05) is 48.5 Å². The van der Waals surface area contributed by atoms with Crippen molar-refractivity contribution in [1.29, 1.82) is 0 Å². The van der Waals surface area contributed by atoms with E-state index >= 15 is 0 Å². The van der Waals surface area contributed by atoms with Crippen molar-refractivity contribution >= 4 is 12.1 Å². The van der Waals surface area contributed by atoms with Crippen LogP contribution in [0.4, 0.5) is 0 Å². The summed E-state index contributed by atoms with van der Waals surface area (Å²) in [6, 6.07) is 21.3. The Morgan fingerprint density at radius 2 is 1.78 bits per heavy atom. The van der Waals surface area contributed by atoms with Crippen molar-refractivity contribution in [2.24, 2.45) is 5.10 Å². The van der Waals surface area contributed by atoms with E-state index < -0.39 is 0 Å². The average Bonchev–Trinajstić information content (AvgIpc) is 2.83. The van der Waals surface area contributed by atoms with Crippen LogP contribution in [0.5, 0.6) is 17.2 Å². The van der Waals surface area contributed by atoms with Gasteiger partial charge in [0.25, 0.3) is 5.91 Å². The molecule has 166 valence electrons. The third kappa shape index (κ3) is 6.87. The predicted octanol–water partition coefficient (Wildman–Crippen LogP) is 4.67. The lowest BCUT2D eigenvalue weighted by atomic mass is 10.2. The number of methoxy groups -OCH3 is 1. The van der Waals surface area contributed by atoms with Crippen molar-refractivity contribution in [3.05, 3.63) is 89.0 Å². The quantitative estimate of drug-likeness (QED) is 0.373. The van der Waals surface area contributed by atoms with Crippen molar-refractivity contribution in [2.45, 2.75) is 26.9 Å². The van der Waals surface area contributed by atoms with E-state index in [-0.39, 0.29) is 12.5 Å². The lowest BCUT2D eigenvalue weighted by molar-refractivity contribution is -0.123. The van der Waals surface area contributed by atoms with Gasteiger partial charge in [-0.25, -0.2) is 5.43 Å². The maximum Gasteiger partial charge on any atom is 0.277 e. The molecule has 0 saturated carbocycles. The SMILES string of the molecule is CCc1cccc(OCC(=O)N/N=C/c2ccc(OCc3ccc(C)cc3)c(OC)c2)c1. The average molecular weight is 433 g/mol. The van der Waals surface area contributed by atoms with Gasteiger partial charge in [0.2, 0.25) is 0 Å². The highest BCUT2D eigenvalue weighted by Crippen LogP contribution is 2.28. The Labute approximate surface area is 188 Å². The molecule has 3 aromatic carbocycles. The summed E-state index contributed by atoms with van der Waals surface area (Å²) in [6.45, 7) is 4.45. The molecule has 0 heterocycles. The van der Waals surface area contributed by atoms with E-state index in [1.165, 1.54) is 5.56 Å². The fraction of sp³-hybridized carbons (Fsp3) is 0.231. The van der Waals surface area contributed by atoms with E-state index in [1.54, 1.807) is 19.4 Å². The third-order valence-electron chi connectivity index (χ3n) is 4.78. The van der Waals surface area contributed by atoms with Gasteiger partial charge in [-0.2, -0.15) is 5.10 Å². The fourth-order valence-corrected chi connectivity index (χ4v) is 2.94. The lowest BCUT2D eigenvalue weighted by Gasteiger charge is -2.11. The molecule has 0 radical (unpaired) electrons. The first-order valence-corrected chi connectivity index (χ1v) is 10.5. The number of ether oxygens (including phenoxy) is 3.